The minimum Gasteiger partial charge on any atom is -0.356 e. The van der Waals surface area contributed by atoms with Gasteiger partial charge in [0, 0.05) is 38.8 Å². The van der Waals surface area contributed by atoms with Crippen LogP contribution in [0.2, 0.25) is 0 Å². The smallest absolute Gasteiger partial charge is 0.249 e. The van der Waals surface area contributed by atoms with Gasteiger partial charge in [0.15, 0.2) is 0 Å². The van der Waals surface area contributed by atoms with Crippen molar-refractivity contribution >= 4 is 16.6 Å². The molecule has 4 heteroatoms. The van der Waals surface area contributed by atoms with Gasteiger partial charge in [-0.15, -0.1) is 0 Å². The van der Waals surface area contributed by atoms with Gasteiger partial charge in [0.2, 0.25) is 5.56 Å². The number of nitrogens with one attached hydrogen (secondary N) is 1. The van der Waals surface area contributed by atoms with Gasteiger partial charge in [0.05, 0.1) is 0 Å². The van der Waals surface area contributed by atoms with E-state index < -0.39 is 0 Å². The summed E-state index contributed by atoms with van der Waals surface area (Å²) in [6, 6.07) is 20.5. The molecule has 1 aliphatic heterocycles. The number of fused-ring (bicyclic) bond motifs is 1. The highest BCUT2D eigenvalue weighted by Gasteiger charge is 2.17. The number of hydrogen-bond acceptors (Lipinski definition) is 3. The molecule has 0 aliphatic carbocycles. The van der Waals surface area contributed by atoms with Gasteiger partial charge in [-0.1, -0.05) is 42.5 Å². The van der Waals surface area contributed by atoms with Gasteiger partial charge in [0.1, 0.15) is 5.82 Å². The van der Waals surface area contributed by atoms with Gasteiger partial charge in [-0.25, -0.2) is 0 Å². The van der Waals surface area contributed by atoms with E-state index in [4.69, 9.17) is 0 Å². The number of benzene rings is 2. The average Bonchev–Trinajstić information content (AvgIpc) is 2.62. The summed E-state index contributed by atoms with van der Waals surface area (Å²) in [6.07, 6.45) is 0. The second-order valence-corrected chi connectivity index (χ2v) is 6.34. The van der Waals surface area contributed by atoms with Crippen LogP contribution in [0.1, 0.15) is 5.56 Å². The number of piperazine rings is 1. The van der Waals surface area contributed by atoms with Gasteiger partial charge in [-0.2, -0.15) is 0 Å². The third-order valence-corrected chi connectivity index (χ3v) is 4.69. The number of nitrogens with zero attached hydrogens (tertiary/aromatic N) is 2. The average molecular weight is 319 g/mol. The minimum atomic E-state index is -0.0360. The molecule has 0 bridgehead atoms. The van der Waals surface area contributed by atoms with Crippen molar-refractivity contribution in [3.05, 3.63) is 76.6 Å². The van der Waals surface area contributed by atoms with Crippen LogP contribution in [0.3, 0.4) is 0 Å². The molecule has 4 nitrogen and oxygen atoms in total. The van der Waals surface area contributed by atoms with E-state index in [1.165, 1.54) is 16.3 Å². The van der Waals surface area contributed by atoms with Crippen molar-refractivity contribution in [3.8, 4) is 0 Å². The predicted molar refractivity (Wildman–Crippen MR) is 98.5 cm³/mol. The Kier molecular flexibility index (Phi) is 4.05. The predicted octanol–water partition coefficient (Wildman–Crippen LogP) is 2.85. The molecule has 1 saturated heterocycles. The molecule has 0 unspecified atom stereocenters. The standard InChI is InChI=1S/C20H21N3O/c24-20-7-3-6-19(21-20)23-12-10-22(11-13-23)15-16-8-9-17-4-1-2-5-18(17)14-16/h1-9,14H,10-13,15H2,(H,21,24). The molecule has 1 aromatic heterocycles. The lowest BCUT2D eigenvalue weighted by Gasteiger charge is -2.35. The number of anilines is 1. The van der Waals surface area contributed by atoms with Crippen LogP contribution in [-0.2, 0) is 6.54 Å². The Balaban J connectivity index is 1.41. The van der Waals surface area contributed by atoms with Gasteiger partial charge < -0.3 is 9.88 Å². The molecule has 3 aromatic rings. The monoisotopic (exact) mass is 319 g/mol. The second-order valence-electron chi connectivity index (χ2n) is 6.34. The molecule has 1 fully saturated rings. The summed E-state index contributed by atoms with van der Waals surface area (Å²) in [6.45, 7) is 4.86. The van der Waals surface area contributed by atoms with Crippen LogP contribution in [0.15, 0.2) is 65.5 Å². The van der Waals surface area contributed by atoms with Crippen LogP contribution in [0.4, 0.5) is 5.82 Å². The Labute approximate surface area is 141 Å². The van der Waals surface area contributed by atoms with Gasteiger partial charge in [-0.05, 0) is 28.5 Å². The molecule has 24 heavy (non-hydrogen) atoms. The van der Waals surface area contributed by atoms with Gasteiger partial charge >= 0.3 is 0 Å². The number of aromatic nitrogens is 1. The summed E-state index contributed by atoms with van der Waals surface area (Å²) >= 11 is 0. The van der Waals surface area contributed by atoms with Crippen molar-refractivity contribution in [2.45, 2.75) is 6.54 Å². The Morgan fingerprint density at radius 2 is 1.62 bits per heavy atom. The Hall–Kier alpha value is -2.59. The maximum atomic E-state index is 11.5. The lowest BCUT2D eigenvalue weighted by atomic mass is 10.1. The van der Waals surface area contributed by atoms with Crippen molar-refractivity contribution in [2.75, 3.05) is 31.1 Å². The summed E-state index contributed by atoms with van der Waals surface area (Å²) in [4.78, 5) is 19.1. The van der Waals surface area contributed by atoms with Crippen LogP contribution in [0, 0.1) is 0 Å². The summed E-state index contributed by atoms with van der Waals surface area (Å²) in [5.74, 6) is 0.924. The van der Waals surface area contributed by atoms with Crippen LogP contribution in [0.25, 0.3) is 10.8 Å². The molecule has 4 rings (SSSR count). The molecule has 122 valence electrons. The summed E-state index contributed by atoms with van der Waals surface area (Å²) in [5.41, 5.74) is 1.32. The zero-order valence-corrected chi connectivity index (χ0v) is 13.6. The normalized spacial score (nSPS) is 15.8. The summed E-state index contributed by atoms with van der Waals surface area (Å²) < 4.78 is 0. The Morgan fingerprint density at radius 3 is 2.42 bits per heavy atom. The van der Waals surface area contributed by atoms with E-state index in [2.05, 4.69) is 57.2 Å². The number of H-pyrrole nitrogens is 1. The largest absolute Gasteiger partial charge is 0.356 e. The van der Waals surface area contributed by atoms with E-state index in [1.807, 2.05) is 12.1 Å². The first kappa shape index (κ1) is 15.0. The molecule has 0 amide bonds. The van der Waals surface area contributed by atoms with Crippen molar-refractivity contribution in [1.29, 1.82) is 0 Å². The van der Waals surface area contributed by atoms with Crippen molar-refractivity contribution < 1.29 is 0 Å². The maximum absolute atomic E-state index is 11.5. The third-order valence-electron chi connectivity index (χ3n) is 4.69. The SMILES string of the molecule is O=c1cccc(N2CCN(Cc3ccc4ccccc4c3)CC2)[nH]1. The summed E-state index contributed by atoms with van der Waals surface area (Å²) in [5, 5.41) is 2.59. The van der Waals surface area contributed by atoms with E-state index >= 15 is 0 Å². The van der Waals surface area contributed by atoms with Crippen molar-refractivity contribution in [3.63, 3.8) is 0 Å². The van der Waals surface area contributed by atoms with Crippen LogP contribution in [0.5, 0.6) is 0 Å². The van der Waals surface area contributed by atoms with Gasteiger partial charge in [-0.3, -0.25) is 9.69 Å². The number of aromatic amines is 1. The first-order chi connectivity index (χ1) is 11.8. The molecule has 2 aromatic carbocycles. The molecule has 2 heterocycles. The fraction of sp³-hybridized carbons (Fsp3) is 0.250. The highest BCUT2D eigenvalue weighted by Crippen LogP contribution is 2.18. The fourth-order valence-corrected chi connectivity index (χ4v) is 3.36. The molecule has 1 aliphatic rings. The van der Waals surface area contributed by atoms with Gasteiger partial charge in [0.25, 0.3) is 0 Å². The van der Waals surface area contributed by atoms with Crippen LogP contribution < -0.4 is 10.5 Å². The van der Waals surface area contributed by atoms with E-state index in [0.717, 1.165) is 38.5 Å². The zero-order chi connectivity index (χ0) is 16.4. The van der Waals surface area contributed by atoms with E-state index in [9.17, 15) is 4.79 Å². The Bertz CT molecular complexity index is 894. The first-order valence-electron chi connectivity index (χ1n) is 8.42. The van der Waals surface area contributed by atoms with Crippen LogP contribution >= 0.6 is 0 Å². The molecule has 1 N–H and O–H groups in total. The highest BCUT2D eigenvalue weighted by atomic mass is 16.1. The number of rotatable bonds is 3. The fourth-order valence-electron chi connectivity index (χ4n) is 3.36. The zero-order valence-electron chi connectivity index (χ0n) is 13.6. The highest BCUT2D eigenvalue weighted by molar-refractivity contribution is 5.82. The third kappa shape index (κ3) is 3.19. The maximum Gasteiger partial charge on any atom is 0.249 e. The lowest BCUT2D eigenvalue weighted by Crippen LogP contribution is -2.46. The van der Waals surface area contributed by atoms with E-state index in [-0.39, 0.29) is 5.56 Å². The quantitative estimate of drug-likeness (QED) is 0.807. The molecule has 0 atom stereocenters. The number of hydrogen-bond donors (Lipinski definition) is 1. The molecular weight excluding hydrogens is 298 g/mol. The van der Waals surface area contributed by atoms with E-state index in [1.54, 1.807) is 6.07 Å². The van der Waals surface area contributed by atoms with E-state index in [0.29, 0.717) is 0 Å². The molecule has 0 spiro atoms. The lowest BCUT2D eigenvalue weighted by molar-refractivity contribution is 0.249. The van der Waals surface area contributed by atoms with Crippen molar-refractivity contribution in [2.24, 2.45) is 0 Å². The first-order valence-corrected chi connectivity index (χ1v) is 8.42. The molecular formula is C20H21N3O. The minimum absolute atomic E-state index is 0.0360. The van der Waals surface area contributed by atoms with Crippen LogP contribution in [-0.4, -0.2) is 36.1 Å². The number of pyridine rings is 1. The molecule has 0 saturated carbocycles. The second kappa shape index (κ2) is 6.49. The molecule has 0 radical (unpaired) electrons. The van der Waals surface area contributed by atoms with Crippen molar-refractivity contribution in [1.82, 2.24) is 9.88 Å². The summed E-state index contributed by atoms with van der Waals surface area (Å²) in [7, 11) is 0. The topological polar surface area (TPSA) is 39.3 Å². The Morgan fingerprint density at radius 1 is 0.833 bits per heavy atom.